The summed E-state index contributed by atoms with van der Waals surface area (Å²) >= 11 is 0. The maximum absolute atomic E-state index is 11.2. The van der Waals surface area contributed by atoms with Crippen LogP contribution in [0.4, 0.5) is 0 Å². The van der Waals surface area contributed by atoms with Crippen molar-refractivity contribution in [2.45, 2.75) is 39.2 Å². The van der Waals surface area contributed by atoms with Crippen LogP contribution in [0.5, 0.6) is 0 Å². The lowest BCUT2D eigenvalue weighted by atomic mass is 10.1. The van der Waals surface area contributed by atoms with Crippen LogP contribution in [0, 0.1) is 0 Å². The first-order chi connectivity index (χ1) is 6.26. The van der Waals surface area contributed by atoms with E-state index in [1.54, 1.807) is 6.92 Å². The minimum Gasteiger partial charge on any atom is -0.464 e. The third-order valence-corrected chi connectivity index (χ3v) is 1.69. The molecule has 0 spiro atoms. The topological polar surface area (TPSA) is 55.4 Å². The van der Waals surface area contributed by atoms with E-state index in [-0.39, 0.29) is 5.97 Å². The smallest absolute Gasteiger partial charge is 0.328 e. The van der Waals surface area contributed by atoms with Gasteiger partial charge in [0.15, 0.2) is 0 Å². The largest absolute Gasteiger partial charge is 0.464 e. The van der Waals surface area contributed by atoms with Crippen molar-refractivity contribution in [3.8, 4) is 0 Å². The van der Waals surface area contributed by atoms with Crippen molar-refractivity contribution in [3.63, 3.8) is 0 Å². The second-order valence-corrected chi connectivity index (χ2v) is 2.73. The molecule has 0 aromatic heterocycles. The highest BCUT2D eigenvalue weighted by Crippen LogP contribution is 2.01. The van der Waals surface area contributed by atoms with E-state index in [1.807, 2.05) is 6.92 Å². The van der Waals surface area contributed by atoms with E-state index in [0.29, 0.717) is 19.4 Å². The number of carbonyl (C=O) groups is 2. The Balaban J connectivity index is 3.90. The van der Waals surface area contributed by atoms with Crippen LogP contribution in [0.15, 0.2) is 0 Å². The number of nitrogens with one attached hydrogen (secondary N) is 1. The number of rotatable bonds is 7. The quantitative estimate of drug-likeness (QED) is 0.475. The van der Waals surface area contributed by atoms with Gasteiger partial charge in [-0.25, -0.2) is 4.79 Å². The second-order valence-electron chi connectivity index (χ2n) is 2.73. The molecule has 1 N–H and O–H groups in total. The highest BCUT2D eigenvalue weighted by atomic mass is 16.5. The molecule has 0 aromatic carbocycles. The first-order valence-electron chi connectivity index (χ1n) is 4.62. The van der Waals surface area contributed by atoms with E-state index in [0.717, 1.165) is 12.8 Å². The Morgan fingerprint density at radius 1 is 1.54 bits per heavy atom. The van der Waals surface area contributed by atoms with Gasteiger partial charge in [-0.3, -0.25) is 4.79 Å². The van der Waals surface area contributed by atoms with Crippen molar-refractivity contribution in [3.05, 3.63) is 0 Å². The molecule has 13 heavy (non-hydrogen) atoms. The number of carbonyl (C=O) groups excluding carboxylic acids is 2. The molecule has 0 saturated heterocycles. The van der Waals surface area contributed by atoms with Crippen molar-refractivity contribution in [1.82, 2.24) is 5.32 Å². The fraction of sp³-hybridized carbons (Fsp3) is 0.778. The zero-order valence-corrected chi connectivity index (χ0v) is 8.21. The van der Waals surface area contributed by atoms with Crippen LogP contribution < -0.4 is 5.32 Å². The Labute approximate surface area is 78.6 Å². The van der Waals surface area contributed by atoms with Gasteiger partial charge >= 0.3 is 5.97 Å². The predicted octanol–water partition coefficient (Wildman–Crippen LogP) is 0.854. The van der Waals surface area contributed by atoms with Gasteiger partial charge in [-0.15, -0.1) is 0 Å². The maximum Gasteiger partial charge on any atom is 0.328 e. The molecule has 1 unspecified atom stereocenters. The minimum atomic E-state index is -0.475. The van der Waals surface area contributed by atoms with Crippen LogP contribution in [0.1, 0.15) is 33.1 Å². The van der Waals surface area contributed by atoms with E-state index in [2.05, 4.69) is 5.32 Å². The number of hydrogen-bond acceptors (Lipinski definition) is 3. The normalized spacial score (nSPS) is 11.8. The second kappa shape index (κ2) is 7.58. The molecule has 0 fully saturated rings. The first kappa shape index (κ1) is 11.9. The maximum atomic E-state index is 11.2. The standard InChI is InChI=1S/C9H17NO3/c1-3-5-6-8(10-7-11)9(12)13-4-2/h7-8H,3-6H2,1-2H3,(H,10,11). The van der Waals surface area contributed by atoms with Gasteiger partial charge in [-0.2, -0.15) is 0 Å². The van der Waals surface area contributed by atoms with Gasteiger partial charge in [0.1, 0.15) is 6.04 Å². The molecule has 0 aliphatic carbocycles. The molecule has 0 aliphatic rings. The van der Waals surface area contributed by atoms with E-state index >= 15 is 0 Å². The van der Waals surface area contributed by atoms with E-state index in [4.69, 9.17) is 4.74 Å². The number of hydrogen-bond donors (Lipinski definition) is 1. The fourth-order valence-electron chi connectivity index (χ4n) is 1.00. The Morgan fingerprint density at radius 2 is 2.23 bits per heavy atom. The van der Waals surface area contributed by atoms with E-state index in [9.17, 15) is 9.59 Å². The molecule has 0 rings (SSSR count). The van der Waals surface area contributed by atoms with Gasteiger partial charge in [0.05, 0.1) is 6.61 Å². The minimum absolute atomic E-state index is 0.344. The average molecular weight is 187 g/mol. The Kier molecular flexibility index (Phi) is 6.96. The van der Waals surface area contributed by atoms with Gasteiger partial charge in [-0.1, -0.05) is 19.8 Å². The molecule has 0 heterocycles. The summed E-state index contributed by atoms with van der Waals surface area (Å²) in [6.45, 7) is 4.13. The van der Waals surface area contributed by atoms with Crippen LogP contribution >= 0.6 is 0 Å². The fourth-order valence-corrected chi connectivity index (χ4v) is 1.00. The molecule has 0 radical (unpaired) electrons. The monoisotopic (exact) mass is 187 g/mol. The van der Waals surface area contributed by atoms with E-state index in [1.165, 1.54) is 0 Å². The zero-order valence-electron chi connectivity index (χ0n) is 8.21. The first-order valence-corrected chi connectivity index (χ1v) is 4.62. The lowest BCUT2D eigenvalue weighted by Crippen LogP contribution is -2.37. The van der Waals surface area contributed by atoms with Crippen LogP contribution in [0.2, 0.25) is 0 Å². The Morgan fingerprint density at radius 3 is 2.69 bits per heavy atom. The molecule has 1 amide bonds. The summed E-state index contributed by atoms with van der Waals surface area (Å²) in [6, 6.07) is -0.475. The Hall–Kier alpha value is -1.06. The SMILES string of the molecule is CCCCC(NC=O)C(=O)OCC. The van der Waals surface area contributed by atoms with Crippen LogP contribution in [-0.2, 0) is 14.3 Å². The highest BCUT2D eigenvalue weighted by molar-refractivity contribution is 5.78. The van der Waals surface area contributed by atoms with Gasteiger partial charge < -0.3 is 10.1 Å². The molecule has 4 heteroatoms. The zero-order chi connectivity index (χ0) is 10.1. The number of amides is 1. The van der Waals surface area contributed by atoms with E-state index < -0.39 is 6.04 Å². The lowest BCUT2D eigenvalue weighted by molar-refractivity contribution is -0.146. The van der Waals surface area contributed by atoms with Gasteiger partial charge in [0, 0.05) is 0 Å². The van der Waals surface area contributed by atoms with Crippen molar-refractivity contribution in [1.29, 1.82) is 0 Å². The molecular weight excluding hydrogens is 170 g/mol. The molecule has 0 aliphatic heterocycles. The summed E-state index contributed by atoms with van der Waals surface area (Å²) in [5, 5.41) is 2.45. The number of esters is 1. The molecule has 1 atom stereocenters. The molecule has 4 nitrogen and oxygen atoms in total. The third-order valence-electron chi connectivity index (χ3n) is 1.69. The summed E-state index contributed by atoms with van der Waals surface area (Å²) < 4.78 is 4.79. The predicted molar refractivity (Wildman–Crippen MR) is 49.1 cm³/mol. The van der Waals surface area contributed by atoms with Gasteiger partial charge in [-0.05, 0) is 13.3 Å². The third kappa shape index (κ3) is 5.22. The summed E-state index contributed by atoms with van der Waals surface area (Å²) in [5.41, 5.74) is 0. The summed E-state index contributed by atoms with van der Waals surface area (Å²) in [6.07, 6.45) is 3.09. The molecule has 0 bridgehead atoms. The molecular formula is C9H17NO3. The summed E-state index contributed by atoms with van der Waals surface area (Å²) in [4.78, 5) is 21.4. The van der Waals surface area contributed by atoms with Crippen molar-refractivity contribution >= 4 is 12.4 Å². The molecule has 0 saturated carbocycles. The summed E-state index contributed by atoms with van der Waals surface area (Å²) in [5.74, 6) is -0.344. The Bertz CT molecular complexity index is 159. The average Bonchev–Trinajstić information content (AvgIpc) is 2.12. The van der Waals surface area contributed by atoms with Crippen molar-refractivity contribution in [2.24, 2.45) is 0 Å². The number of unbranched alkanes of at least 4 members (excludes halogenated alkanes) is 1. The highest BCUT2D eigenvalue weighted by Gasteiger charge is 2.17. The van der Waals surface area contributed by atoms with Crippen LogP contribution in [-0.4, -0.2) is 25.0 Å². The lowest BCUT2D eigenvalue weighted by Gasteiger charge is -2.13. The van der Waals surface area contributed by atoms with Gasteiger partial charge in [0.2, 0.25) is 6.41 Å². The molecule has 76 valence electrons. The van der Waals surface area contributed by atoms with Crippen LogP contribution in [0.3, 0.4) is 0 Å². The van der Waals surface area contributed by atoms with Crippen LogP contribution in [0.25, 0.3) is 0 Å². The summed E-state index contributed by atoms with van der Waals surface area (Å²) in [7, 11) is 0. The number of ether oxygens (including phenoxy) is 1. The van der Waals surface area contributed by atoms with Crippen molar-refractivity contribution in [2.75, 3.05) is 6.61 Å². The van der Waals surface area contributed by atoms with Crippen molar-refractivity contribution < 1.29 is 14.3 Å². The van der Waals surface area contributed by atoms with Gasteiger partial charge in [0.25, 0.3) is 0 Å². The molecule has 0 aromatic rings.